The maximum atomic E-state index is 11.9. The summed E-state index contributed by atoms with van der Waals surface area (Å²) < 4.78 is 0. The predicted octanol–water partition coefficient (Wildman–Crippen LogP) is 1.24. The third-order valence-corrected chi connectivity index (χ3v) is 4.37. The minimum atomic E-state index is -0.364. The maximum Gasteiger partial charge on any atom is 0.232 e. The van der Waals surface area contributed by atoms with Crippen LogP contribution in [0.25, 0.3) is 0 Å². The Morgan fingerprint density at radius 3 is 2.53 bits per heavy atom. The van der Waals surface area contributed by atoms with Crippen molar-refractivity contribution in [1.29, 1.82) is 0 Å². The molecule has 5 heteroatoms. The zero-order valence-corrected chi connectivity index (χ0v) is 11.5. The Morgan fingerprint density at radius 1 is 1.29 bits per heavy atom. The second-order valence-electron chi connectivity index (χ2n) is 4.79. The monoisotopic (exact) mass is 258 g/mol. The summed E-state index contributed by atoms with van der Waals surface area (Å²) in [6.07, 6.45) is 4.79. The van der Waals surface area contributed by atoms with Gasteiger partial charge in [-0.3, -0.25) is 9.59 Å². The van der Waals surface area contributed by atoms with Gasteiger partial charge in [0.05, 0.1) is 11.5 Å². The fourth-order valence-electron chi connectivity index (χ4n) is 2.40. The Morgan fingerprint density at radius 2 is 1.94 bits per heavy atom. The molecule has 1 rings (SSSR count). The van der Waals surface area contributed by atoms with Crippen LogP contribution >= 0.6 is 11.8 Å². The van der Waals surface area contributed by atoms with Crippen molar-refractivity contribution >= 4 is 23.6 Å². The number of hydrogen-bond acceptors (Lipinski definition) is 3. The molecule has 0 aromatic carbocycles. The first kappa shape index (κ1) is 14.4. The number of nitrogens with two attached hydrogens (primary N) is 1. The van der Waals surface area contributed by atoms with Crippen LogP contribution in [-0.2, 0) is 9.59 Å². The van der Waals surface area contributed by atoms with Crippen LogP contribution < -0.4 is 5.73 Å². The van der Waals surface area contributed by atoms with Crippen molar-refractivity contribution in [2.45, 2.75) is 38.6 Å². The highest BCUT2D eigenvalue weighted by Gasteiger charge is 2.27. The van der Waals surface area contributed by atoms with E-state index in [4.69, 9.17) is 5.73 Å². The summed E-state index contributed by atoms with van der Waals surface area (Å²) in [5, 5.41) is 0. The van der Waals surface area contributed by atoms with Crippen LogP contribution in [0.4, 0.5) is 0 Å². The van der Waals surface area contributed by atoms with Gasteiger partial charge in [0.1, 0.15) is 0 Å². The number of carbonyl (C=O) groups is 2. The molecule has 17 heavy (non-hydrogen) atoms. The number of carbonyl (C=O) groups excluding carboxylic acids is 2. The van der Waals surface area contributed by atoms with E-state index in [1.165, 1.54) is 31.0 Å². The van der Waals surface area contributed by atoms with Gasteiger partial charge >= 0.3 is 0 Å². The van der Waals surface area contributed by atoms with Gasteiger partial charge in [0.25, 0.3) is 0 Å². The molecular weight excluding hydrogens is 236 g/mol. The molecule has 0 heterocycles. The topological polar surface area (TPSA) is 63.4 Å². The summed E-state index contributed by atoms with van der Waals surface area (Å²) >= 11 is 1.30. The van der Waals surface area contributed by atoms with Crippen molar-refractivity contribution in [3.63, 3.8) is 0 Å². The zero-order chi connectivity index (χ0) is 12.8. The lowest BCUT2D eigenvalue weighted by Crippen LogP contribution is -2.43. The van der Waals surface area contributed by atoms with Crippen LogP contribution in [0.5, 0.6) is 0 Å². The van der Waals surface area contributed by atoms with Crippen molar-refractivity contribution in [1.82, 2.24) is 4.90 Å². The molecule has 1 fully saturated rings. The molecule has 2 N–H and O–H groups in total. The Labute approximate surface area is 107 Å². The molecule has 0 aliphatic heterocycles. The Bertz CT molecular complexity index is 284. The van der Waals surface area contributed by atoms with Gasteiger partial charge in [0, 0.05) is 13.1 Å². The van der Waals surface area contributed by atoms with E-state index in [9.17, 15) is 9.59 Å². The lowest BCUT2D eigenvalue weighted by atomic mass is 9.85. The fraction of sp³-hybridized carbons (Fsp3) is 0.833. The van der Waals surface area contributed by atoms with Crippen LogP contribution in [0.3, 0.4) is 0 Å². The van der Waals surface area contributed by atoms with Gasteiger partial charge in [-0.15, -0.1) is 11.8 Å². The smallest absolute Gasteiger partial charge is 0.232 e. The molecule has 0 aromatic rings. The molecule has 0 saturated heterocycles. The lowest BCUT2D eigenvalue weighted by Gasteiger charge is -2.36. The highest BCUT2D eigenvalue weighted by atomic mass is 32.2. The summed E-state index contributed by atoms with van der Waals surface area (Å²) in [5.41, 5.74) is 5.03. The first-order valence-electron chi connectivity index (χ1n) is 6.14. The second kappa shape index (κ2) is 6.89. The van der Waals surface area contributed by atoms with Crippen molar-refractivity contribution in [3.8, 4) is 0 Å². The number of hydrogen-bond donors (Lipinski definition) is 1. The molecular formula is C12H22N2O2S. The van der Waals surface area contributed by atoms with Gasteiger partial charge in [-0.05, 0) is 18.8 Å². The summed E-state index contributed by atoms with van der Waals surface area (Å²) in [7, 11) is 1.87. The molecule has 0 radical (unpaired) electrons. The van der Waals surface area contributed by atoms with E-state index < -0.39 is 0 Å². The molecule has 0 aromatic heterocycles. The van der Waals surface area contributed by atoms with Gasteiger partial charge in [-0.2, -0.15) is 0 Å². The third kappa shape index (κ3) is 4.58. The molecule has 1 aliphatic carbocycles. The molecule has 0 bridgehead atoms. The van der Waals surface area contributed by atoms with Crippen LogP contribution in [-0.4, -0.2) is 41.3 Å². The Hall–Kier alpha value is -0.710. The molecule has 1 saturated carbocycles. The van der Waals surface area contributed by atoms with Gasteiger partial charge in [0.2, 0.25) is 11.8 Å². The van der Waals surface area contributed by atoms with Crippen molar-refractivity contribution in [2.24, 2.45) is 11.7 Å². The van der Waals surface area contributed by atoms with Crippen LogP contribution in [0.15, 0.2) is 0 Å². The number of rotatable bonds is 5. The quantitative estimate of drug-likeness (QED) is 0.807. The average Bonchev–Trinajstić information content (AvgIpc) is 2.28. The summed E-state index contributed by atoms with van der Waals surface area (Å²) in [6, 6.07) is 0.366. The highest BCUT2D eigenvalue weighted by Crippen LogP contribution is 2.27. The van der Waals surface area contributed by atoms with Crippen LogP contribution in [0, 0.1) is 5.92 Å². The van der Waals surface area contributed by atoms with Crippen molar-refractivity contribution in [3.05, 3.63) is 0 Å². The average molecular weight is 258 g/mol. The molecule has 2 atom stereocenters. The minimum Gasteiger partial charge on any atom is -0.369 e. The summed E-state index contributed by atoms with van der Waals surface area (Å²) in [4.78, 5) is 24.4. The molecule has 98 valence electrons. The SMILES string of the molecule is CC1CCCCC1N(C)C(=O)CSCC(N)=O. The largest absolute Gasteiger partial charge is 0.369 e. The van der Waals surface area contributed by atoms with Gasteiger partial charge in [-0.1, -0.05) is 19.8 Å². The van der Waals surface area contributed by atoms with Crippen LogP contribution in [0.1, 0.15) is 32.6 Å². The van der Waals surface area contributed by atoms with Crippen molar-refractivity contribution in [2.75, 3.05) is 18.6 Å². The normalized spacial score (nSPS) is 24.4. The first-order valence-corrected chi connectivity index (χ1v) is 7.29. The molecule has 0 spiro atoms. The van der Waals surface area contributed by atoms with E-state index in [-0.39, 0.29) is 17.6 Å². The standard InChI is InChI=1S/C12H22N2O2S/c1-9-5-3-4-6-10(9)14(2)12(16)8-17-7-11(13)15/h9-10H,3-8H2,1-2H3,(H2,13,15). The van der Waals surface area contributed by atoms with E-state index in [2.05, 4.69) is 6.92 Å². The molecule has 2 amide bonds. The molecule has 2 unspecified atom stereocenters. The fourth-order valence-corrected chi connectivity index (χ4v) is 3.08. The summed E-state index contributed by atoms with van der Waals surface area (Å²) in [5.74, 6) is 0.896. The maximum absolute atomic E-state index is 11.9. The Kier molecular flexibility index (Phi) is 5.82. The van der Waals surface area contributed by atoms with E-state index in [0.717, 1.165) is 6.42 Å². The van der Waals surface area contributed by atoms with Gasteiger partial charge in [-0.25, -0.2) is 0 Å². The number of nitrogens with zero attached hydrogens (tertiary/aromatic N) is 1. The van der Waals surface area contributed by atoms with Crippen LogP contribution in [0.2, 0.25) is 0 Å². The van der Waals surface area contributed by atoms with Crippen molar-refractivity contribution < 1.29 is 9.59 Å². The third-order valence-electron chi connectivity index (χ3n) is 3.43. The highest BCUT2D eigenvalue weighted by molar-refractivity contribution is 8.00. The lowest BCUT2D eigenvalue weighted by molar-refractivity contribution is -0.130. The number of amides is 2. The molecule has 1 aliphatic rings. The number of thioether (sulfide) groups is 1. The Balaban J connectivity index is 2.37. The number of primary amides is 1. The van der Waals surface area contributed by atoms with E-state index in [1.54, 1.807) is 0 Å². The van der Waals surface area contributed by atoms with E-state index in [0.29, 0.717) is 17.7 Å². The predicted molar refractivity (Wildman–Crippen MR) is 70.7 cm³/mol. The van der Waals surface area contributed by atoms with E-state index >= 15 is 0 Å². The summed E-state index contributed by atoms with van der Waals surface area (Å²) in [6.45, 7) is 2.21. The second-order valence-corrected chi connectivity index (χ2v) is 5.78. The first-order chi connectivity index (χ1) is 8.02. The zero-order valence-electron chi connectivity index (χ0n) is 10.6. The van der Waals surface area contributed by atoms with Gasteiger partial charge in [0.15, 0.2) is 0 Å². The molecule has 4 nitrogen and oxygen atoms in total. The van der Waals surface area contributed by atoms with Gasteiger partial charge < -0.3 is 10.6 Å². The van der Waals surface area contributed by atoms with E-state index in [1.807, 2.05) is 11.9 Å². The minimum absolute atomic E-state index is 0.106.